The van der Waals surface area contributed by atoms with Crippen molar-refractivity contribution in [3.05, 3.63) is 71.3 Å². The second-order valence-corrected chi connectivity index (χ2v) is 6.29. The van der Waals surface area contributed by atoms with Gasteiger partial charge in [-0.3, -0.25) is 0 Å². The third-order valence-electron chi connectivity index (χ3n) is 4.49. The number of rotatable bonds is 2. The summed E-state index contributed by atoms with van der Waals surface area (Å²) in [7, 11) is 2.11. The summed E-state index contributed by atoms with van der Waals surface area (Å²) in [6.45, 7) is 4.17. The number of piperidine rings is 1. The molecule has 3 rings (SSSR count). The number of aliphatic hydroxyl groups is 2. The van der Waals surface area contributed by atoms with Crippen LogP contribution in [0.25, 0.3) is 0 Å². The largest absolute Gasteiger partial charge is 0.392 e. The van der Waals surface area contributed by atoms with Crippen molar-refractivity contribution in [2.45, 2.75) is 32.0 Å². The van der Waals surface area contributed by atoms with Crippen LogP contribution in [0.4, 0.5) is 0 Å². The first-order valence-electron chi connectivity index (χ1n) is 8.17. The highest BCUT2D eigenvalue weighted by Crippen LogP contribution is 2.33. The third-order valence-corrected chi connectivity index (χ3v) is 4.49. The Balaban J connectivity index is 0.000000203. The molecule has 2 N–H and O–H groups in total. The van der Waals surface area contributed by atoms with E-state index in [0.29, 0.717) is 0 Å². The molecule has 0 aromatic heterocycles. The fourth-order valence-electron chi connectivity index (χ4n) is 2.94. The van der Waals surface area contributed by atoms with Gasteiger partial charge in [0.1, 0.15) is 0 Å². The third kappa shape index (κ3) is 4.90. The Morgan fingerprint density at radius 3 is 2.04 bits per heavy atom. The molecular formula is C20H27NO2. The molecule has 1 saturated heterocycles. The minimum Gasteiger partial charge on any atom is -0.392 e. The molecule has 124 valence electrons. The topological polar surface area (TPSA) is 43.7 Å². The lowest BCUT2D eigenvalue weighted by molar-refractivity contribution is -0.0207. The van der Waals surface area contributed by atoms with Crippen LogP contribution in [-0.4, -0.2) is 35.3 Å². The van der Waals surface area contributed by atoms with Crippen LogP contribution in [0, 0.1) is 6.92 Å². The fraction of sp³-hybridized carbons (Fsp3) is 0.400. The summed E-state index contributed by atoms with van der Waals surface area (Å²) in [5.41, 5.74) is 2.67. The summed E-state index contributed by atoms with van der Waals surface area (Å²) < 4.78 is 0. The Kier molecular flexibility index (Phi) is 6.34. The summed E-state index contributed by atoms with van der Waals surface area (Å²) in [6, 6.07) is 17.7. The van der Waals surface area contributed by atoms with Gasteiger partial charge < -0.3 is 15.1 Å². The Hall–Kier alpha value is -1.68. The van der Waals surface area contributed by atoms with Gasteiger partial charge in [-0.25, -0.2) is 0 Å². The molecule has 0 unspecified atom stereocenters. The van der Waals surface area contributed by atoms with E-state index in [4.69, 9.17) is 5.11 Å². The number of hydrogen-bond donors (Lipinski definition) is 2. The lowest BCUT2D eigenvalue weighted by Gasteiger charge is -2.37. The van der Waals surface area contributed by atoms with Crippen LogP contribution in [0.1, 0.15) is 29.5 Å². The summed E-state index contributed by atoms with van der Waals surface area (Å²) in [6.07, 6.45) is 1.68. The zero-order chi connectivity index (χ0) is 16.7. The van der Waals surface area contributed by atoms with Crippen LogP contribution in [0.15, 0.2) is 54.6 Å². The molecular weight excluding hydrogens is 286 g/mol. The highest BCUT2D eigenvalue weighted by molar-refractivity contribution is 5.31. The minimum atomic E-state index is -0.599. The lowest BCUT2D eigenvalue weighted by Crippen LogP contribution is -2.41. The van der Waals surface area contributed by atoms with E-state index in [1.54, 1.807) is 0 Å². The molecule has 0 amide bonds. The molecule has 0 aliphatic carbocycles. The van der Waals surface area contributed by atoms with E-state index in [0.717, 1.165) is 37.1 Å². The van der Waals surface area contributed by atoms with Gasteiger partial charge in [-0.1, -0.05) is 54.6 Å². The van der Waals surface area contributed by atoms with Gasteiger partial charge in [0.25, 0.3) is 0 Å². The first kappa shape index (κ1) is 17.7. The van der Waals surface area contributed by atoms with Gasteiger partial charge in [-0.2, -0.15) is 0 Å². The summed E-state index contributed by atoms with van der Waals surface area (Å²) in [5, 5.41) is 19.2. The van der Waals surface area contributed by atoms with Gasteiger partial charge in [0.15, 0.2) is 0 Å². The quantitative estimate of drug-likeness (QED) is 0.895. The number of aryl methyl sites for hydroxylation is 1. The number of nitrogens with zero attached hydrogens (tertiary/aromatic N) is 1. The van der Waals surface area contributed by atoms with Gasteiger partial charge in [0, 0.05) is 13.1 Å². The SMILES string of the molecule is Cc1ccccc1C1(O)CCN(C)CC1.OCc1ccccc1. The van der Waals surface area contributed by atoms with Crippen LogP contribution < -0.4 is 0 Å². The molecule has 3 nitrogen and oxygen atoms in total. The molecule has 0 saturated carbocycles. The van der Waals surface area contributed by atoms with Gasteiger partial charge >= 0.3 is 0 Å². The fourth-order valence-corrected chi connectivity index (χ4v) is 2.94. The summed E-state index contributed by atoms with van der Waals surface area (Å²) in [4.78, 5) is 2.27. The van der Waals surface area contributed by atoms with Crippen molar-refractivity contribution in [3.8, 4) is 0 Å². The second kappa shape index (κ2) is 8.25. The lowest BCUT2D eigenvalue weighted by atomic mass is 9.82. The van der Waals surface area contributed by atoms with E-state index in [-0.39, 0.29) is 6.61 Å². The molecule has 2 aromatic rings. The first-order chi connectivity index (χ1) is 11.0. The molecule has 0 atom stereocenters. The maximum Gasteiger partial charge on any atom is 0.0923 e. The standard InChI is InChI=1S/C13H19NO.C7H8O/c1-11-5-3-4-6-12(11)13(15)7-9-14(2)10-8-13;8-6-7-4-2-1-3-5-7/h3-6,15H,7-10H2,1-2H3;1-5,8H,6H2. The molecule has 2 aromatic carbocycles. The number of hydrogen-bond acceptors (Lipinski definition) is 3. The van der Waals surface area contributed by atoms with E-state index in [1.165, 1.54) is 5.56 Å². The second-order valence-electron chi connectivity index (χ2n) is 6.29. The Morgan fingerprint density at radius 2 is 1.52 bits per heavy atom. The Labute approximate surface area is 139 Å². The minimum absolute atomic E-state index is 0.140. The molecule has 1 heterocycles. The van der Waals surface area contributed by atoms with Crippen molar-refractivity contribution in [1.29, 1.82) is 0 Å². The van der Waals surface area contributed by atoms with E-state index in [9.17, 15) is 5.11 Å². The molecule has 1 fully saturated rings. The number of benzene rings is 2. The van der Waals surface area contributed by atoms with Crippen molar-refractivity contribution >= 4 is 0 Å². The van der Waals surface area contributed by atoms with E-state index in [2.05, 4.69) is 31.0 Å². The van der Waals surface area contributed by atoms with Crippen LogP contribution in [-0.2, 0) is 12.2 Å². The maximum atomic E-state index is 10.6. The van der Waals surface area contributed by atoms with Gasteiger partial charge in [-0.15, -0.1) is 0 Å². The molecule has 1 aliphatic heterocycles. The van der Waals surface area contributed by atoms with E-state index < -0.39 is 5.60 Å². The van der Waals surface area contributed by atoms with Crippen LogP contribution in [0.3, 0.4) is 0 Å². The summed E-state index contributed by atoms with van der Waals surface area (Å²) in [5.74, 6) is 0. The molecule has 3 heteroatoms. The molecule has 1 aliphatic rings. The predicted octanol–water partition coefficient (Wildman–Crippen LogP) is 3.09. The van der Waals surface area contributed by atoms with Crippen molar-refractivity contribution in [2.75, 3.05) is 20.1 Å². The smallest absolute Gasteiger partial charge is 0.0923 e. The number of likely N-dealkylation sites (tertiary alicyclic amines) is 1. The molecule has 0 radical (unpaired) electrons. The zero-order valence-corrected chi connectivity index (χ0v) is 14.1. The Morgan fingerprint density at radius 1 is 0.957 bits per heavy atom. The van der Waals surface area contributed by atoms with Gasteiger partial charge in [0.05, 0.1) is 12.2 Å². The molecule has 0 bridgehead atoms. The molecule has 0 spiro atoms. The van der Waals surface area contributed by atoms with E-state index >= 15 is 0 Å². The van der Waals surface area contributed by atoms with Crippen LogP contribution in [0.2, 0.25) is 0 Å². The van der Waals surface area contributed by atoms with Crippen molar-refractivity contribution in [2.24, 2.45) is 0 Å². The van der Waals surface area contributed by atoms with Crippen molar-refractivity contribution in [1.82, 2.24) is 4.90 Å². The molecule has 23 heavy (non-hydrogen) atoms. The van der Waals surface area contributed by atoms with Crippen LogP contribution in [0.5, 0.6) is 0 Å². The van der Waals surface area contributed by atoms with Crippen LogP contribution >= 0.6 is 0 Å². The highest BCUT2D eigenvalue weighted by atomic mass is 16.3. The first-order valence-corrected chi connectivity index (χ1v) is 8.17. The van der Waals surface area contributed by atoms with Gasteiger partial charge in [0.2, 0.25) is 0 Å². The summed E-state index contributed by atoms with van der Waals surface area (Å²) >= 11 is 0. The normalized spacial score (nSPS) is 17.2. The highest BCUT2D eigenvalue weighted by Gasteiger charge is 2.33. The van der Waals surface area contributed by atoms with Crippen molar-refractivity contribution in [3.63, 3.8) is 0 Å². The average molecular weight is 313 g/mol. The van der Waals surface area contributed by atoms with E-state index in [1.807, 2.05) is 42.5 Å². The average Bonchev–Trinajstić information content (AvgIpc) is 2.59. The van der Waals surface area contributed by atoms with Crippen molar-refractivity contribution < 1.29 is 10.2 Å². The zero-order valence-electron chi connectivity index (χ0n) is 14.1. The number of aliphatic hydroxyl groups excluding tert-OH is 1. The predicted molar refractivity (Wildman–Crippen MR) is 94.2 cm³/mol. The maximum absolute atomic E-state index is 10.6. The monoisotopic (exact) mass is 313 g/mol. The Bertz CT molecular complexity index is 590. The van der Waals surface area contributed by atoms with Gasteiger partial charge in [-0.05, 0) is 43.5 Å².